The molecule has 1 aromatic rings. The number of nitro benzene ring substituents is 1. The number of nitro groups is 1. The number of hydrogen-bond donors (Lipinski definition) is 1. The van der Waals surface area contributed by atoms with Crippen molar-refractivity contribution in [3.05, 3.63) is 33.9 Å². The number of rotatable bonds is 4. The molecule has 1 saturated heterocycles. The van der Waals surface area contributed by atoms with Gasteiger partial charge >= 0.3 is 5.97 Å². The molecular weight excluding hydrogens is 276 g/mol. The molecule has 0 aromatic heterocycles. The molecule has 2 unspecified atom stereocenters. The molecule has 21 heavy (non-hydrogen) atoms. The molecule has 1 fully saturated rings. The van der Waals surface area contributed by atoms with Crippen LogP contribution in [-0.4, -0.2) is 42.3 Å². The Bertz CT molecular complexity index is 560. The molecule has 0 saturated carbocycles. The highest BCUT2D eigenvalue weighted by Gasteiger charge is 2.29. The first-order chi connectivity index (χ1) is 9.93. The number of aromatic carboxylic acids is 1. The maximum Gasteiger partial charge on any atom is 0.337 e. The van der Waals surface area contributed by atoms with Crippen molar-refractivity contribution in [2.75, 3.05) is 25.1 Å². The lowest BCUT2D eigenvalue weighted by Gasteiger charge is -2.38. The minimum Gasteiger partial charge on any atom is -0.478 e. The van der Waals surface area contributed by atoms with Gasteiger partial charge in [-0.3, -0.25) is 10.1 Å². The first-order valence-electron chi connectivity index (χ1n) is 6.73. The second-order valence-electron chi connectivity index (χ2n) is 5.25. The number of ether oxygens (including phenoxy) is 1. The molecule has 0 amide bonds. The van der Waals surface area contributed by atoms with Gasteiger partial charge in [-0.1, -0.05) is 6.92 Å². The van der Waals surface area contributed by atoms with Crippen molar-refractivity contribution in [1.29, 1.82) is 0 Å². The van der Waals surface area contributed by atoms with Crippen molar-refractivity contribution in [3.63, 3.8) is 0 Å². The van der Waals surface area contributed by atoms with Gasteiger partial charge in [0.2, 0.25) is 0 Å². The third kappa shape index (κ3) is 3.13. The molecule has 0 spiro atoms. The zero-order valence-corrected chi connectivity index (χ0v) is 12.0. The molecule has 2 rings (SSSR count). The summed E-state index contributed by atoms with van der Waals surface area (Å²) < 4.78 is 5.41. The Morgan fingerprint density at radius 3 is 2.81 bits per heavy atom. The topological polar surface area (TPSA) is 92.9 Å². The van der Waals surface area contributed by atoms with Crippen LogP contribution in [0.3, 0.4) is 0 Å². The van der Waals surface area contributed by atoms with Crippen LogP contribution in [0, 0.1) is 16.0 Å². The van der Waals surface area contributed by atoms with Crippen LogP contribution in [0.15, 0.2) is 18.2 Å². The summed E-state index contributed by atoms with van der Waals surface area (Å²) >= 11 is 0. The molecule has 7 nitrogen and oxygen atoms in total. The third-order valence-corrected chi connectivity index (χ3v) is 3.96. The van der Waals surface area contributed by atoms with Crippen molar-refractivity contribution in [2.24, 2.45) is 5.92 Å². The first kappa shape index (κ1) is 15.2. The quantitative estimate of drug-likeness (QED) is 0.675. The van der Waals surface area contributed by atoms with Gasteiger partial charge in [-0.2, -0.15) is 0 Å². The van der Waals surface area contributed by atoms with Crippen molar-refractivity contribution in [2.45, 2.75) is 19.4 Å². The van der Waals surface area contributed by atoms with Gasteiger partial charge in [0.25, 0.3) is 5.69 Å². The number of non-ortho nitro benzene ring substituents is 1. The number of hydrogen-bond acceptors (Lipinski definition) is 5. The number of carboxylic acids is 1. The average Bonchev–Trinajstić information content (AvgIpc) is 2.47. The number of piperidine rings is 1. The number of carbonyl (C=O) groups is 1. The van der Waals surface area contributed by atoms with Gasteiger partial charge in [-0.25, -0.2) is 4.79 Å². The van der Waals surface area contributed by atoms with E-state index in [2.05, 4.69) is 6.92 Å². The van der Waals surface area contributed by atoms with E-state index in [1.807, 2.05) is 4.90 Å². The van der Waals surface area contributed by atoms with E-state index in [4.69, 9.17) is 4.74 Å². The summed E-state index contributed by atoms with van der Waals surface area (Å²) in [5.74, 6) is -0.717. The van der Waals surface area contributed by atoms with E-state index < -0.39 is 10.9 Å². The number of carboxylic acid groups (broad SMARTS) is 1. The first-order valence-corrected chi connectivity index (χ1v) is 6.73. The molecule has 2 atom stereocenters. The van der Waals surface area contributed by atoms with Crippen molar-refractivity contribution < 1.29 is 19.6 Å². The Labute approximate surface area is 122 Å². The van der Waals surface area contributed by atoms with Crippen molar-refractivity contribution >= 4 is 17.3 Å². The van der Waals surface area contributed by atoms with Crippen LogP contribution in [0.2, 0.25) is 0 Å². The van der Waals surface area contributed by atoms with Crippen LogP contribution < -0.4 is 4.90 Å². The van der Waals surface area contributed by atoms with Crippen LogP contribution in [0.1, 0.15) is 23.7 Å². The Morgan fingerprint density at radius 1 is 1.52 bits per heavy atom. The highest BCUT2D eigenvalue weighted by atomic mass is 16.6. The summed E-state index contributed by atoms with van der Waals surface area (Å²) in [4.78, 5) is 23.6. The predicted octanol–water partition coefficient (Wildman–Crippen LogP) is 2.15. The summed E-state index contributed by atoms with van der Waals surface area (Å²) in [6.45, 7) is 3.26. The summed E-state index contributed by atoms with van der Waals surface area (Å²) in [6.07, 6.45) is 0.833. The molecule has 7 heteroatoms. The summed E-state index contributed by atoms with van der Waals surface area (Å²) in [5.41, 5.74) is 0.346. The maximum absolute atomic E-state index is 11.3. The van der Waals surface area contributed by atoms with E-state index >= 15 is 0 Å². The van der Waals surface area contributed by atoms with Crippen LogP contribution in [-0.2, 0) is 4.74 Å². The van der Waals surface area contributed by atoms with Gasteiger partial charge in [0.05, 0.1) is 22.3 Å². The Kier molecular flexibility index (Phi) is 4.42. The van der Waals surface area contributed by atoms with Crippen molar-refractivity contribution in [3.8, 4) is 0 Å². The van der Waals surface area contributed by atoms with E-state index in [0.717, 1.165) is 6.42 Å². The number of benzene rings is 1. The van der Waals surface area contributed by atoms with E-state index in [9.17, 15) is 20.0 Å². The lowest BCUT2D eigenvalue weighted by Crippen LogP contribution is -2.44. The Hall–Kier alpha value is -2.15. The van der Waals surface area contributed by atoms with Gasteiger partial charge in [0.1, 0.15) is 0 Å². The average molecular weight is 294 g/mol. The lowest BCUT2D eigenvalue weighted by atomic mass is 9.95. The van der Waals surface area contributed by atoms with Crippen LogP contribution in [0.4, 0.5) is 11.4 Å². The molecule has 0 radical (unpaired) electrons. The molecule has 1 aliphatic rings. The van der Waals surface area contributed by atoms with Gasteiger partial charge in [-0.15, -0.1) is 0 Å². The Morgan fingerprint density at radius 2 is 2.24 bits per heavy atom. The third-order valence-electron chi connectivity index (χ3n) is 3.96. The summed E-state index contributed by atoms with van der Waals surface area (Å²) in [5, 5.41) is 20.2. The fourth-order valence-corrected chi connectivity index (χ4v) is 2.64. The highest BCUT2D eigenvalue weighted by molar-refractivity contribution is 5.95. The number of anilines is 1. The van der Waals surface area contributed by atoms with Gasteiger partial charge in [0.15, 0.2) is 0 Å². The lowest BCUT2D eigenvalue weighted by molar-refractivity contribution is -0.384. The molecule has 1 aliphatic heterocycles. The normalized spacial score (nSPS) is 22.1. The van der Waals surface area contributed by atoms with E-state index in [-0.39, 0.29) is 17.4 Å². The molecule has 0 aliphatic carbocycles. The molecule has 1 N–H and O–H groups in total. The minimum absolute atomic E-state index is 0.0142. The molecule has 0 bridgehead atoms. The second-order valence-corrected chi connectivity index (χ2v) is 5.25. The van der Waals surface area contributed by atoms with E-state index in [0.29, 0.717) is 24.7 Å². The van der Waals surface area contributed by atoms with Gasteiger partial charge < -0.3 is 14.7 Å². The Balaban J connectivity index is 2.38. The largest absolute Gasteiger partial charge is 0.478 e. The molecule has 1 heterocycles. The maximum atomic E-state index is 11.3. The summed E-state index contributed by atoms with van der Waals surface area (Å²) in [6, 6.07) is 3.83. The zero-order valence-electron chi connectivity index (χ0n) is 12.0. The van der Waals surface area contributed by atoms with Crippen LogP contribution in [0.25, 0.3) is 0 Å². The number of methoxy groups -OCH3 is 1. The van der Waals surface area contributed by atoms with Crippen molar-refractivity contribution in [1.82, 2.24) is 0 Å². The smallest absolute Gasteiger partial charge is 0.337 e. The van der Waals surface area contributed by atoms with E-state index in [1.54, 1.807) is 7.11 Å². The standard InChI is InChI=1S/C14H18N2O5/c1-9-5-6-15(8-13(9)21-2)12-7-10(16(19)20)3-4-11(12)14(17)18/h3-4,7,9,13H,5-6,8H2,1-2H3,(H,17,18). The predicted molar refractivity (Wildman–Crippen MR) is 76.8 cm³/mol. The van der Waals surface area contributed by atoms with Crippen LogP contribution in [0.5, 0.6) is 0 Å². The minimum atomic E-state index is -1.09. The fraction of sp³-hybridized carbons (Fsp3) is 0.500. The van der Waals surface area contributed by atoms with Gasteiger partial charge in [0, 0.05) is 32.3 Å². The van der Waals surface area contributed by atoms with Gasteiger partial charge in [-0.05, 0) is 18.4 Å². The number of nitrogens with zero attached hydrogens (tertiary/aromatic N) is 2. The van der Waals surface area contributed by atoms with E-state index in [1.165, 1.54) is 18.2 Å². The zero-order chi connectivity index (χ0) is 15.6. The molecule has 1 aromatic carbocycles. The second kappa shape index (κ2) is 6.09. The van der Waals surface area contributed by atoms with Crippen LogP contribution >= 0.6 is 0 Å². The highest BCUT2D eigenvalue weighted by Crippen LogP contribution is 2.30. The molecule has 114 valence electrons. The fourth-order valence-electron chi connectivity index (χ4n) is 2.64. The SMILES string of the molecule is COC1CN(c2cc([N+](=O)[O-])ccc2C(=O)O)CCC1C. The monoisotopic (exact) mass is 294 g/mol. The molecular formula is C14H18N2O5. The summed E-state index contributed by atoms with van der Waals surface area (Å²) in [7, 11) is 1.62.